The maximum atomic E-state index is 11.4. The predicted octanol–water partition coefficient (Wildman–Crippen LogP) is 2.17. The van der Waals surface area contributed by atoms with Crippen LogP contribution in [0.4, 0.5) is 0 Å². The van der Waals surface area contributed by atoms with Crippen LogP contribution in [0.3, 0.4) is 0 Å². The maximum absolute atomic E-state index is 11.4. The van der Waals surface area contributed by atoms with E-state index in [-0.39, 0.29) is 5.97 Å². The number of rotatable bonds is 4. The number of esters is 1. The van der Waals surface area contributed by atoms with Gasteiger partial charge < -0.3 is 4.74 Å². The molecule has 0 fully saturated rings. The van der Waals surface area contributed by atoms with Gasteiger partial charge in [0.05, 0.1) is 19.2 Å². The molecule has 0 atom stereocenters. The quantitative estimate of drug-likeness (QED) is 0.690. The van der Waals surface area contributed by atoms with Crippen LogP contribution in [0.5, 0.6) is 0 Å². The molecule has 3 rings (SSSR count). The number of carbonyl (C=O) groups is 1. The minimum atomic E-state index is -0.350. The lowest BCUT2D eigenvalue weighted by Crippen LogP contribution is -2.05. The summed E-state index contributed by atoms with van der Waals surface area (Å²) in [7, 11) is 1.36. The van der Waals surface area contributed by atoms with Gasteiger partial charge in [0.15, 0.2) is 0 Å². The number of hydrogen-bond donors (Lipinski definition) is 0. The summed E-state index contributed by atoms with van der Waals surface area (Å²) in [5, 5.41) is 12.4. The van der Waals surface area contributed by atoms with E-state index in [1.54, 1.807) is 12.1 Å². The molecule has 0 aliphatic carbocycles. The predicted molar refractivity (Wildman–Crippen MR) is 80.1 cm³/mol. The van der Waals surface area contributed by atoms with Crippen molar-refractivity contribution >= 4 is 5.97 Å². The van der Waals surface area contributed by atoms with E-state index in [9.17, 15) is 4.79 Å². The van der Waals surface area contributed by atoms with E-state index >= 15 is 0 Å². The van der Waals surface area contributed by atoms with Gasteiger partial charge in [0.1, 0.15) is 0 Å². The fourth-order valence-electron chi connectivity index (χ4n) is 2.04. The highest BCUT2D eigenvalue weighted by Crippen LogP contribution is 2.12. The van der Waals surface area contributed by atoms with Gasteiger partial charge in [0, 0.05) is 5.56 Å². The Morgan fingerprint density at radius 1 is 1.09 bits per heavy atom. The summed E-state index contributed by atoms with van der Waals surface area (Å²) in [5.74, 6) is 0.239. The Morgan fingerprint density at radius 3 is 2.50 bits per heavy atom. The number of tetrazole rings is 1. The highest BCUT2D eigenvalue weighted by atomic mass is 16.5. The number of hydrogen-bond acceptors (Lipinski definition) is 5. The Kier molecular flexibility index (Phi) is 3.91. The van der Waals surface area contributed by atoms with Crippen molar-refractivity contribution in [2.45, 2.75) is 6.54 Å². The van der Waals surface area contributed by atoms with Gasteiger partial charge in [0.25, 0.3) is 0 Å². The van der Waals surface area contributed by atoms with Gasteiger partial charge in [-0.3, -0.25) is 0 Å². The molecular formula is C16H14N4O2. The lowest BCUT2D eigenvalue weighted by Gasteiger charge is -2.02. The fourth-order valence-corrected chi connectivity index (χ4v) is 2.04. The zero-order chi connectivity index (χ0) is 15.4. The van der Waals surface area contributed by atoms with E-state index in [1.807, 2.05) is 42.5 Å². The maximum Gasteiger partial charge on any atom is 0.337 e. The second-order valence-electron chi connectivity index (χ2n) is 4.70. The number of carbonyl (C=O) groups excluding carboxylic acids is 1. The standard InChI is InChI=1S/C16H14N4O2/c1-22-16(21)14-9-7-12(8-10-14)11-20-18-15(17-19-20)13-5-3-2-4-6-13/h2-10H,11H2,1H3. The van der Waals surface area contributed by atoms with Crippen LogP contribution in [-0.2, 0) is 11.3 Å². The smallest absolute Gasteiger partial charge is 0.337 e. The second-order valence-corrected chi connectivity index (χ2v) is 4.70. The van der Waals surface area contributed by atoms with Gasteiger partial charge in [-0.1, -0.05) is 42.5 Å². The topological polar surface area (TPSA) is 69.9 Å². The number of methoxy groups -OCH3 is 1. The van der Waals surface area contributed by atoms with Gasteiger partial charge in [0.2, 0.25) is 5.82 Å². The van der Waals surface area contributed by atoms with E-state index in [0.717, 1.165) is 11.1 Å². The SMILES string of the molecule is COC(=O)c1ccc(Cn2nnc(-c3ccccc3)n2)cc1. The number of nitrogens with zero attached hydrogens (tertiary/aromatic N) is 4. The average molecular weight is 294 g/mol. The lowest BCUT2D eigenvalue weighted by molar-refractivity contribution is 0.0600. The largest absolute Gasteiger partial charge is 0.465 e. The molecule has 0 spiro atoms. The monoisotopic (exact) mass is 294 g/mol. The summed E-state index contributed by atoms with van der Waals surface area (Å²) in [5.41, 5.74) is 2.42. The van der Waals surface area contributed by atoms with Gasteiger partial charge in [-0.2, -0.15) is 4.80 Å². The summed E-state index contributed by atoms with van der Waals surface area (Å²) in [6.45, 7) is 0.487. The molecule has 0 N–H and O–H groups in total. The summed E-state index contributed by atoms with van der Waals surface area (Å²) in [6.07, 6.45) is 0. The molecule has 22 heavy (non-hydrogen) atoms. The molecule has 3 aromatic rings. The van der Waals surface area contributed by atoms with Crippen LogP contribution in [0, 0.1) is 0 Å². The van der Waals surface area contributed by atoms with E-state index in [0.29, 0.717) is 17.9 Å². The van der Waals surface area contributed by atoms with E-state index in [4.69, 9.17) is 0 Å². The van der Waals surface area contributed by atoms with Crippen LogP contribution in [0.1, 0.15) is 15.9 Å². The fraction of sp³-hybridized carbons (Fsp3) is 0.125. The first-order valence-electron chi connectivity index (χ1n) is 6.77. The van der Waals surface area contributed by atoms with Crippen molar-refractivity contribution in [3.8, 4) is 11.4 Å². The summed E-state index contributed by atoms with van der Waals surface area (Å²) < 4.78 is 4.67. The van der Waals surface area contributed by atoms with Crippen molar-refractivity contribution in [2.75, 3.05) is 7.11 Å². The Hall–Kier alpha value is -3.02. The Bertz CT molecular complexity index is 766. The Morgan fingerprint density at radius 2 is 1.82 bits per heavy atom. The molecule has 0 unspecified atom stereocenters. The van der Waals surface area contributed by atoms with Crippen molar-refractivity contribution < 1.29 is 9.53 Å². The first-order chi connectivity index (χ1) is 10.8. The second kappa shape index (κ2) is 6.17. The third kappa shape index (κ3) is 3.01. The van der Waals surface area contributed by atoms with Crippen molar-refractivity contribution in [3.05, 3.63) is 65.7 Å². The third-order valence-corrected chi connectivity index (χ3v) is 3.18. The van der Waals surface area contributed by atoms with Crippen LogP contribution in [-0.4, -0.2) is 33.3 Å². The summed E-state index contributed by atoms with van der Waals surface area (Å²) in [6, 6.07) is 16.8. The zero-order valence-electron chi connectivity index (χ0n) is 12.0. The van der Waals surface area contributed by atoms with Crippen LogP contribution >= 0.6 is 0 Å². The molecule has 1 aromatic heterocycles. The molecule has 6 heteroatoms. The molecule has 0 radical (unpaired) electrons. The molecule has 0 bridgehead atoms. The average Bonchev–Trinajstić information content (AvgIpc) is 3.04. The summed E-state index contributed by atoms with van der Waals surface area (Å²) in [4.78, 5) is 12.9. The molecule has 110 valence electrons. The van der Waals surface area contributed by atoms with Crippen LogP contribution in [0.25, 0.3) is 11.4 Å². The highest BCUT2D eigenvalue weighted by molar-refractivity contribution is 5.89. The molecule has 0 saturated carbocycles. The molecule has 0 amide bonds. The van der Waals surface area contributed by atoms with Crippen LogP contribution < -0.4 is 0 Å². The van der Waals surface area contributed by atoms with E-state index < -0.39 is 0 Å². The normalized spacial score (nSPS) is 10.4. The van der Waals surface area contributed by atoms with Crippen molar-refractivity contribution in [1.29, 1.82) is 0 Å². The lowest BCUT2D eigenvalue weighted by atomic mass is 10.1. The summed E-state index contributed by atoms with van der Waals surface area (Å²) >= 11 is 0. The number of benzene rings is 2. The number of aromatic nitrogens is 4. The zero-order valence-corrected chi connectivity index (χ0v) is 12.0. The van der Waals surface area contributed by atoms with Gasteiger partial charge in [-0.15, -0.1) is 10.2 Å². The van der Waals surface area contributed by atoms with Crippen LogP contribution in [0.2, 0.25) is 0 Å². The molecule has 0 aliphatic heterocycles. The van der Waals surface area contributed by atoms with E-state index in [2.05, 4.69) is 20.1 Å². The molecule has 6 nitrogen and oxygen atoms in total. The van der Waals surface area contributed by atoms with Crippen molar-refractivity contribution in [1.82, 2.24) is 20.2 Å². The first-order valence-corrected chi connectivity index (χ1v) is 6.77. The van der Waals surface area contributed by atoms with Gasteiger partial charge >= 0.3 is 5.97 Å². The van der Waals surface area contributed by atoms with Crippen molar-refractivity contribution in [3.63, 3.8) is 0 Å². The molecular weight excluding hydrogens is 280 g/mol. The van der Waals surface area contributed by atoms with E-state index in [1.165, 1.54) is 11.9 Å². The van der Waals surface area contributed by atoms with Gasteiger partial charge in [-0.25, -0.2) is 4.79 Å². The Labute approximate surface area is 127 Å². The molecule has 1 heterocycles. The first kappa shape index (κ1) is 13.9. The van der Waals surface area contributed by atoms with Crippen LogP contribution in [0.15, 0.2) is 54.6 Å². The molecule has 2 aromatic carbocycles. The number of ether oxygens (including phenoxy) is 1. The van der Waals surface area contributed by atoms with Gasteiger partial charge in [-0.05, 0) is 22.9 Å². The third-order valence-electron chi connectivity index (χ3n) is 3.18. The molecule has 0 aliphatic rings. The van der Waals surface area contributed by atoms with Crippen molar-refractivity contribution in [2.24, 2.45) is 0 Å². The molecule has 0 saturated heterocycles. The Balaban J connectivity index is 1.74. The highest BCUT2D eigenvalue weighted by Gasteiger charge is 2.07. The minimum Gasteiger partial charge on any atom is -0.465 e. The minimum absolute atomic E-state index is 0.350.